The van der Waals surface area contributed by atoms with Crippen molar-refractivity contribution in [2.45, 2.75) is 44.6 Å². The van der Waals surface area contributed by atoms with Crippen LogP contribution in [0.2, 0.25) is 0 Å². The highest BCUT2D eigenvalue weighted by molar-refractivity contribution is 5.95. The molecule has 90 valence electrons. The fourth-order valence-electron chi connectivity index (χ4n) is 1.70. The highest BCUT2D eigenvalue weighted by Crippen LogP contribution is 2.17. The van der Waals surface area contributed by atoms with Crippen molar-refractivity contribution in [3.63, 3.8) is 0 Å². The van der Waals surface area contributed by atoms with Crippen molar-refractivity contribution in [2.75, 3.05) is 0 Å². The number of amides is 3. The van der Waals surface area contributed by atoms with Gasteiger partial charge in [0.05, 0.1) is 6.42 Å². The van der Waals surface area contributed by atoms with Gasteiger partial charge in [-0.05, 0) is 12.8 Å². The summed E-state index contributed by atoms with van der Waals surface area (Å²) in [5, 5.41) is 13.1. The van der Waals surface area contributed by atoms with Crippen molar-refractivity contribution < 1.29 is 19.5 Å². The molecule has 0 radical (unpaired) electrons. The van der Waals surface area contributed by atoms with Crippen molar-refractivity contribution in [1.82, 2.24) is 10.6 Å². The average molecular weight is 228 g/mol. The summed E-state index contributed by atoms with van der Waals surface area (Å²) in [4.78, 5) is 32.5. The van der Waals surface area contributed by atoms with Crippen LogP contribution < -0.4 is 10.6 Å². The molecule has 0 aromatic heterocycles. The van der Waals surface area contributed by atoms with Crippen LogP contribution in [0.5, 0.6) is 0 Å². The van der Waals surface area contributed by atoms with Crippen molar-refractivity contribution in [1.29, 1.82) is 0 Å². The Labute approximate surface area is 93.4 Å². The van der Waals surface area contributed by atoms with Crippen molar-refractivity contribution in [3.8, 4) is 0 Å². The summed E-state index contributed by atoms with van der Waals surface area (Å²) in [6.45, 7) is 0. The molecule has 1 aliphatic rings. The van der Waals surface area contributed by atoms with E-state index < -0.39 is 17.9 Å². The van der Waals surface area contributed by atoms with Crippen molar-refractivity contribution >= 4 is 17.9 Å². The smallest absolute Gasteiger partial charge is 0.321 e. The fraction of sp³-hybridized carbons (Fsp3) is 0.700. The molecule has 0 atom stereocenters. The third-order valence-corrected chi connectivity index (χ3v) is 2.51. The Kier molecular flexibility index (Phi) is 4.75. The van der Waals surface area contributed by atoms with Gasteiger partial charge in [-0.15, -0.1) is 0 Å². The molecule has 1 rings (SSSR count). The first-order valence-electron chi connectivity index (χ1n) is 5.40. The Balaban J connectivity index is 2.17. The summed E-state index contributed by atoms with van der Waals surface area (Å²) in [6, 6.07) is -0.380. The minimum atomic E-state index is -1.05. The first-order valence-corrected chi connectivity index (χ1v) is 5.40. The summed E-state index contributed by atoms with van der Waals surface area (Å²) in [7, 11) is 0. The first kappa shape index (κ1) is 12.5. The number of aliphatic carboxylic acids is 1. The topological polar surface area (TPSA) is 95.5 Å². The molecule has 0 aromatic rings. The highest BCUT2D eigenvalue weighted by Gasteiger charge is 2.18. The molecule has 0 spiro atoms. The zero-order valence-corrected chi connectivity index (χ0v) is 8.99. The highest BCUT2D eigenvalue weighted by atomic mass is 16.4. The van der Waals surface area contributed by atoms with Crippen LogP contribution in [0.15, 0.2) is 0 Å². The van der Waals surface area contributed by atoms with Gasteiger partial charge in [0, 0.05) is 12.5 Å². The van der Waals surface area contributed by atoms with Gasteiger partial charge >= 0.3 is 12.0 Å². The average Bonchev–Trinajstić information content (AvgIpc) is 2.67. The van der Waals surface area contributed by atoms with Crippen LogP contribution >= 0.6 is 0 Å². The Hall–Kier alpha value is -1.59. The molecule has 1 fully saturated rings. The molecule has 16 heavy (non-hydrogen) atoms. The number of hydrogen-bond acceptors (Lipinski definition) is 3. The summed E-state index contributed by atoms with van der Waals surface area (Å²) in [6.07, 6.45) is 3.64. The maximum atomic E-state index is 11.3. The number of nitrogens with one attached hydrogen (secondary N) is 2. The number of imide groups is 1. The number of carboxylic acid groups (broad SMARTS) is 1. The molecule has 0 aliphatic heterocycles. The minimum absolute atomic E-state index is 0.146. The van der Waals surface area contributed by atoms with Gasteiger partial charge in [-0.1, -0.05) is 12.8 Å². The number of urea groups is 1. The van der Waals surface area contributed by atoms with Crippen LogP contribution in [-0.4, -0.2) is 29.1 Å². The van der Waals surface area contributed by atoms with Crippen LogP contribution in [0.3, 0.4) is 0 Å². The molecule has 3 amide bonds. The lowest BCUT2D eigenvalue weighted by molar-refractivity contribution is -0.138. The quantitative estimate of drug-likeness (QED) is 0.657. The fourth-order valence-corrected chi connectivity index (χ4v) is 1.70. The van der Waals surface area contributed by atoms with E-state index in [0.717, 1.165) is 25.7 Å². The number of carboxylic acids is 1. The molecule has 6 heteroatoms. The Morgan fingerprint density at radius 1 is 1.12 bits per heavy atom. The summed E-state index contributed by atoms with van der Waals surface area (Å²) in [5.74, 6) is -1.61. The van der Waals surface area contributed by atoms with Gasteiger partial charge in [-0.3, -0.25) is 14.9 Å². The molecule has 0 bridgehead atoms. The lowest BCUT2D eigenvalue weighted by Gasteiger charge is -2.11. The Morgan fingerprint density at radius 3 is 2.31 bits per heavy atom. The summed E-state index contributed by atoms with van der Waals surface area (Å²) in [5.41, 5.74) is 0. The largest absolute Gasteiger partial charge is 0.481 e. The minimum Gasteiger partial charge on any atom is -0.481 e. The van der Waals surface area contributed by atoms with Gasteiger partial charge in [0.25, 0.3) is 0 Å². The predicted molar refractivity (Wildman–Crippen MR) is 55.8 cm³/mol. The van der Waals surface area contributed by atoms with Crippen LogP contribution in [0, 0.1) is 0 Å². The van der Waals surface area contributed by atoms with Gasteiger partial charge in [-0.2, -0.15) is 0 Å². The molecule has 1 saturated carbocycles. The number of rotatable bonds is 4. The van der Waals surface area contributed by atoms with E-state index in [2.05, 4.69) is 10.6 Å². The van der Waals surface area contributed by atoms with Crippen LogP contribution in [0.25, 0.3) is 0 Å². The lowest BCUT2D eigenvalue weighted by Crippen LogP contribution is -2.43. The SMILES string of the molecule is O=C(O)CCC(=O)NC(=O)NC1CCCC1. The molecule has 0 heterocycles. The standard InChI is InChI=1S/C10H16N2O4/c13-8(5-6-9(14)15)12-10(16)11-7-3-1-2-4-7/h7H,1-6H2,(H,14,15)(H2,11,12,13,16). The first-order chi connectivity index (χ1) is 7.58. The molecule has 6 nitrogen and oxygen atoms in total. The van der Waals surface area contributed by atoms with Crippen LogP contribution in [0.1, 0.15) is 38.5 Å². The van der Waals surface area contributed by atoms with E-state index in [4.69, 9.17) is 5.11 Å². The van der Waals surface area contributed by atoms with Gasteiger partial charge in [0.2, 0.25) is 5.91 Å². The van der Waals surface area contributed by atoms with Crippen molar-refractivity contribution in [3.05, 3.63) is 0 Å². The summed E-state index contributed by atoms with van der Waals surface area (Å²) >= 11 is 0. The van der Waals surface area contributed by atoms with Crippen LogP contribution in [-0.2, 0) is 9.59 Å². The number of hydrogen-bond donors (Lipinski definition) is 3. The third-order valence-electron chi connectivity index (χ3n) is 2.51. The zero-order valence-electron chi connectivity index (χ0n) is 8.99. The summed E-state index contributed by atoms with van der Waals surface area (Å²) < 4.78 is 0. The number of carbonyl (C=O) groups excluding carboxylic acids is 2. The lowest BCUT2D eigenvalue weighted by atomic mass is 10.2. The maximum absolute atomic E-state index is 11.3. The maximum Gasteiger partial charge on any atom is 0.321 e. The van der Waals surface area contributed by atoms with E-state index in [9.17, 15) is 14.4 Å². The normalized spacial score (nSPS) is 15.8. The van der Waals surface area contributed by atoms with E-state index in [1.165, 1.54) is 0 Å². The van der Waals surface area contributed by atoms with Gasteiger partial charge in [0.15, 0.2) is 0 Å². The molecule has 0 unspecified atom stereocenters. The monoisotopic (exact) mass is 228 g/mol. The molecule has 0 saturated heterocycles. The molecular weight excluding hydrogens is 212 g/mol. The second-order valence-corrected chi connectivity index (χ2v) is 3.90. The van der Waals surface area contributed by atoms with E-state index in [1.54, 1.807) is 0 Å². The second kappa shape index (κ2) is 6.09. The molecule has 1 aliphatic carbocycles. The van der Waals surface area contributed by atoms with Crippen LogP contribution in [0.4, 0.5) is 4.79 Å². The zero-order chi connectivity index (χ0) is 12.0. The third kappa shape index (κ3) is 4.77. The van der Waals surface area contributed by atoms with Gasteiger partial charge in [-0.25, -0.2) is 4.79 Å². The van der Waals surface area contributed by atoms with E-state index in [1.807, 2.05) is 0 Å². The van der Waals surface area contributed by atoms with E-state index >= 15 is 0 Å². The molecule has 0 aromatic carbocycles. The van der Waals surface area contributed by atoms with E-state index in [-0.39, 0.29) is 18.9 Å². The van der Waals surface area contributed by atoms with Crippen molar-refractivity contribution in [2.24, 2.45) is 0 Å². The Morgan fingerprint density at radius 2 is 1.75 bits per heavy atom. The Bertz CT molecular complexity index is 285. The van der Waals surface area contributed by atoms with Gasteiger partial charge < -0.3 is 10.4 Å². The van der Waals surface area contributed by atoms with Gasteiger partial charge in [0.1, 0.15) is 0 Å². The van der Waals surface area contributed by atoms with E-state index in [0.29, 0.717) is 0 Å². The number of carbonyl (C=O) groups is 3. The molecular formula is C10H16N2O4. The molecule has 3 N–H and O–H groups in total. The predicted octanol–water partition coefficient (Wildman–Crippen LogP) is 0.620. The second-order valence-electron chi connectivity index (χ2n) is 3.90.